The zero-order chi connectivity index (χ0) is 14.0. The Morgan fingerprint density at radius 3 is 2.60 bits per heavy atom. The Balaban J connectivity index is 0.00000200. The van der Waals surface area contributed by atoms with Crippen molar-refractivity contribution in [1.29, 1.82) is 0 Å². The maximum absolute atomic E-state index is 13.6. The number of rotatable bonds is 3. The summed E-state index contributed by atoms with van der Waals surface area (Å²) in [5.41, 5.74) is 0.101. The van der Waals surface area contributed by atoms with E-state index in [2.05, 4.69) is 10.0 Å². The van der Waals surface area contributed by atoms with Crippen molar-refractivity contribution in [3.63, 3.8) is 0 Å². The molecule has 0 spiro atoms. The van der Waals surface area contributed by atoms with E-state index in [9.17, 15) is 17.2 Å². The summed E-state index contributed by atoms with van der Waals surface area (Å²) >= 11 is 0. The lowest BCUT2D eigenvalue weighted by Crippen LogP contribution is -2.45. The molecule has 1 aromatic rings. The first kappa shape index (κ1) is 17.3. The van der Waals surface area contributed by atoms with E-state index in [1.165, 1.54) is 6.92 Å². The Morgan fingerprint density at radius 1 is 1.30 bits per heavy atom. The summed E-state index contributed by atoms with van der Waals surface area (Å²) < 4.78 is 53.4. The SMILES string of the molecule is Cc1cc(S(=O)(=O)NC2CCCNC2)c(F)cc1F.Cl. The molecule has 1 aliphatic heterocycles. The van der Waals surface area contributed by atoms with E-state index >= 15 is 0 Å². The van der Waals surface area contributed by atoms with Crippen LogP contribution in [0.5, 0.6) is 0 Å². The molecule has 0 aromatic heterocycles. The number of nitrogens with one attached hydrogen (secondary N) is 2. The van der Waals surface area contributed by atoms with Crippen molar-refractivity contribution in [2.75, 3.05) is 13.1 Å². The highest BCUT2D eigenvalue weighted by Crippen LogP contribution is 2.19. The van der Waals surface area contributed by atoms with E-state index in [1.54, 1.807) is 0 Å². The lowest BCUT2D eigenvalue weighted by Gasteiger charge is -2.23. The Bertz CT molecular complexity index is 575. The molecule has 4 nitrogen and oxygen atoms in total. The zero-order valence-electron chi connectivity index (χ0n) is 10.9. The Hall–Kier alpha value is -0.760. The minimum absolute atomic E-state index is 0. The third kappa shape index (κ3) is 3.88. The predicted octanol–water partition coefficient (Wildman–Crippen LogP) is 1.73. The van der Waals surface area contributed by atoms with Gasteiger partial charge in [0, 0.05) is 18.7 Å². The van der Waals surface area contributed by atoms with E-state index in [-0.39, 0.29) is 24.0 Å². The smallest absolute Gasteiger partial charge is 0.243 e. The average molecular weight is 327 g/mol. The molecule has 1 unspecified atom stereocenters. The molecule has 1 aliphatic rings. The van der Waals surface area contributed by atoms with Crippen molar-refractivity contribution >= 4 is 22.4 Å². The molecule has 1 heterocycles. The fourth-order valence-electron chi connectivity index (χ4n) is 2.07. The Labute approximate surface area is 123 Å². The van der Waals surface area contributed by atoms with E-state index in [0.29, 0.717) is 19.0 Å². The van der Waals surface area contributed by atoms with Gasteiger partial charge in [-0.05, 0) is 37.9 Å². The number of hydrogen-bond donors (Lipinski definition) is 2. The summed E-state index contributed by atoms with van der Waals surface area (Å²) in [5.74, 6) is -1.82. The zero-order valence-corrected chi connectivity index (χ0v) is 12.6. The number of hydrogen-bond acceptors (Lipinski definition) is 3. The van der Waals surface area contributed by atoms with Crippen LogP contribution in [0.3, 0.4) is 0 Å². The van der Waals surface area contributed by atoms with Crippen molar-refractivity contribution in [3.8, 4) is 0 Å². The van der Waals surface area contributed by atoms with Crippen molar-refractivity contribution in [2.45, 2.75) is 30.7 Å². The van der Waals surface area contributed by atoms with Gasteiger partial charge in [-0.2, -0.15) is 0 Å². The van der Waals surface area contributed by atoms with Gasteiger partial charge >= 0.3 is 0 Å². The third-order valence-corrected chi connectivity index (χ3v) is 4.66. The summed E-state index contributed by atoms with van der Waals surface area (Å²) in [6.07, 6.45) is 1.56. The largest absolute Gasteiger partial charge is 0.315 e. The molecule has 2 N–H and O–H groups in total. The fourth-order valence-corrected chi connectivity index (χ4v) is 3.49. The van der Waals surface area contributed by atoms with Crippen LogP contribution in [0.25, 0.3) is 0 Å². The highest BCUT2D eigenvalue weighted by atomic mass is 35.5. The molecule has 0 radical (unpaired) electrons. The molecule has 0 saturated carbocycles. The van der Waals surface area contributed by atoms with Gasteiger partial charge < -0.3 is 5.32 Å². The molecular formula is C12H17ClF2N2O2S. The minimum Gasteiger partial charge on any atom is -0.315 e. The van der Waals surface area contributed by atoms with E-state index in [4.69, 9.17) is 0 Å². The fraction of sp³-hybridized carbons (Fsp3) is 0.500. The third-order valence-electron chi connectivity index (χ3n) is 3.12. The average Bonchev–Trinajstić information content (AvgIpc) is 2.34. The van der Waals surface area contributed by atoms with E-state index in [1.807, 2.05) is 0 Å². The van der Waals surface area contributed by atoms with Crippen LogP contribution in [0.15, 0.2) is 17.0 Å². The van der Waals surface area contributed by atoms with Gasteiger partial charge in [0.15, 0.2) is 0 Å². The molecule has 1 fully saturated rings. The van der Waals surface area contributed by atoms with Crippen molar-refractivity contribution in [2.24, 2.45) is 0 Å². The topological polar surface area (TPSA) is 58.2 Å². The monoisotopic (exact) mass is 326 g/mol. The summed E-state index contributed by atoms with van der Waals surface area (Å²) in [5, 5.41) is 3.06. The number of sulfonamides is 1. The molecule has 0 amide bonds. The molecule has 0 aliphatic carbocycles. The second-order valence-corrected chi connectivity index (χ2v) is 6.38. The van der Waals surface area contributed by atoms with Gasteiger partial charge in [-0.3, -0.25) is 0 Å². The van der Waals surface area contributed by atoms with Crippen LogP contribution < -0.4 is 10.0 Å². The van der Waals surface area contributed by atoms with Crippen molar-refractivity contribution < 1.29 is 17.2 Å². The maximum Gasteiger partial charge on any atom is 0.243 e. The second-order valence-electron chi connectivity index (χ2n) is 4.70. The normalized spacial score (nSPS) is 19.4. The van der Waals surface area contributed by atoms with Crippen LogP contribution in [0.4, 0.5) is 8.78 Å². The van der Waals surface area contributed by atoms with Crippen LogP contribution >= 0.6 is 12.4 Å². The van der Waals surface area contributed by atoms with Gasteiger partial charge in [-0.15, -0.1) is 12.4 Å². The number of aryl methyl sites for hydroxylation is 1. The molecule has 114 valence electrons. The van der Waals surface area contributed by atoms with E-state index in [0.717, 1.165) is 19.0 Å². The summed E-state index contributed by atoms with van der Waals surface area (Å²) in [7, 11) is -3.96. The highest BCUT2D eigenvalue weighted by molar-refractivity contribution is 7.89. The molecule has 1 aromatic carbocycles. The molecular weight excluding hydrogens is 310 g/mol. The van der Waals surface area contributed by atoms with Gasteiger partial charge in [0.2, 0.25) is 10.0 Å². The first-order valence-corrected chi connectivity index (χ1v) is 7.57. The molecule has 20 heavy (non-hydrogen) atoms. The summed E-state index contributed by atoms with van der Waals surface area (Å²) in [6, 6.07) is 1.36. The highest BCUT2D eigenvalue weighted by Gasteiger charge is 2.25. The lowest BCUT2D eigenvalue weighted by atomic mass is 10.1. The summed E-state index contributed by atoms with van der Waals surface area (Å²) in [6.45, 7) is 2.76. The van der Waals surface area contributed by atoms with Gasteiger partial charge in [-0.1, -0.05) is 0 Å². The van der Waals surface area contributed by atoms with Crippen LogP contribution in [0.1, 0.15) is 18.4 Å². The van der Waals surface area contributed by atoms with Crippen molar-refractivity contribution in [3.05, 3.63) is 29.3 Å². The maximum atomic E-state index is 13.6. The minimum atomic E-state index is -3.96. The second kappa shape index (κ2) is 6.80. The first-order chi connectivity index (χ1) is 8.90. The Kier molecular flexibility index (Phi) is 5.88. The molecule has 1 saturated heterocycles. The quantitative estimate of drug-likeness (QED) is 0.889. The number of benzene rings is 1. The van der Waals surface area contributed by atoms with Crippen molar-refractivity contribution in [1.82, 2.24) is 10.0 Å². The van der Waals surface area contributed by atoms with Crippen LogP contribution in [-0.2, 0) is 10.0 Å². The molecule has 2 rings (SSSR count). The molecule has 8 heteroatoms. The van der Waals surface area contributed by atoms with Gasteiger partial charge in [0.1, 0.15) is 16.5 Å². The van der Waals surface area contributed by atoms with E-state index < -0.39 is 26.6 Å². The Morgan fingerprint density at radius 2 is 2.00 bits per heavy atom. The summed E-state index contributed by atoms with van der Waals surface area (Å²) in [4.78, 5) is -0.503. The van der Waals surface area contributed by atoms with Crippen LogP contribution in [0.2, 0.25) is 0 Å². The molecule has 1 atom stereocenters. The first-order valence-electron chi connectivity index (χ1n) is 6.09. The van der Waals surface area contributed by atoms with Crippen LogP contribution in [-0.4, -0.2) is 27.5 Å². The lowest BCUT2D eigenvalue weighted by molar-refractivity contribution is 0.427. The number of piperidine rings is 1. The van der Waals surface area contributed by atoms with Gasteiger partial charge in [-0.25, -0.2) is 21.9 Å². The number of halogens is 3. The standard InChI is InChI=1S/C12H16F2N2O2S.ClH/c1-8-5-12(11(14)6-10(8)13)19(17,18)16-9-3-2-4-15-7-9;/h5-6,9,15-16H,2-4,7H2,1H3;1H. The van der Waals surface area contributed by atoms with Gasteiger partial charge in [0.25, 0.3) is 0 Å². The van der Waals surface area contributed by atoms with Crippen LogP contribution in [0, 0.1) is 18.6 Å². The van der Waals surface area contributed by atoms with Gasteiger partial charge in [0.05, 0.1) is 0 Å². The molecule has 0 bridgehead atoms. The predicted molar refractivity (Wildman–Crippen MR) is 74.6 cm³/mol.